The van der Waals surface area contributed by atoms with Gasteiger partial charge in [-0.3, -0.25) is 4.79 Å². The Morgan fingerprint density at radius 1 is 1.25 bits per heavy atom. The number of hydroxylamine groups is 2. The van der Waals surface area contributed by atoms with Crippen LogP contribution in [0.5, 0.6) is 5.75 Å². The van der Waals surface area contributed by atoms with Gasteiger partial charge in [-0.1, -0.05) is 18.2 Å². The molecular weight excluding hydrogens is 375 g/mol. The molecule has 0 aliphatic carbocycles. The average Bonchev–Trinajstić information content (AvgIpc) is 2.88. The van der Waals surface area contributed by atoms with Gasteiger partial charge in [0.05, 0.1) is 12.0 Å². The summed E-state index contributed by atoms with van der Waals surface area (Å²) >= 11 is 0. The Balaban J connectivity index is 1.78. The molecule has 28 heavy (non-hydrogen) atoms. The van der Waals surface area contributed by atoms with E-state index in [1.54, 1.807) is 19.1 Å². The monoisotopic (exact) mass is 393 g/mol. The summed E-state index contributed by atoms with van der Waals surface area (Å²) in [7, 11) is 1.51. The lowest BCUT2D eigenvalue weighted by atomic mass is 10.1. The van der Waals surface area contributed by atoms with Crippen LogP contribution in [0.3, 0.4) is 0 Å². The molecule has 1 amide bonds. The van der Waals surface area contributed by atoms with Gasteiger partial charge in [0.2, 0.25) is 5.91 Å². The number of carbonyl (C=O) groups excluding carboxylic acids is 1. The predicted octanol–water partition coefficient (Wildman–Crippen LogP) is 3.78. The third kappa shape index (κ3) is 4.42. The van der Waals surface area contributed by atoms with Gasteiger partial charge >= 0.3 is 6.18 Å². The molecule has 1 unspecified atom stereocenters. The second kappa shape index (κ2) is 7.16. The first-order valence-electron chi connectivity index (χ1n) is 8.35. The molecule has 2 N–H and O–H groups in total. The highest BCUT2D eigenvalue weighted by molar-refractivity contribution is 6.00. The molecule has 0 saturated carbocycles. The van der Waals surface area contributed by atoms with Crippen molar-refractivity contribution in [1.82, 2.24) is 5.06 Å². The molecule has 0 aromatic heterocycles. The standard InChI is InChI=1S/C19H18F3N3O3/c1-18(11-16(27)23-14-7-4-8-15(26)10-14)24-17(25(2)28-18)12-5-3-6-13(9-12)19(20,21)22/h3-10,26H,11H2,1-2H3,(H,23,27). The molecule has 0 bridgehead atoms. The number of phenolic OH excluding ortho intramolecular Hbond substituents is 1. The van der Waals surface area contributed by atoms with Gasteiger partial charge in [-0.25, -0.2) is 14.9 Å². The highest BCUT2D eigenvalue weighted by Gasteiger charge is 2.38. The van der Waals surface area contributed by atoms with Gasteiger partial charge in [0.1, 0.15) is 5.75 Å². The van der Waals surface area contributed by atoms with Gasteiger partial charge in [-0.15, -0.1) is 0 Å². The lowest BCUT2D eigenvalue weighted by Gasteiger charge is -2.21. The van der Waals surface area contributed by atoms with Crippen molar-refractivity contribution in [2.45, 2.75) is 25.2 Å². The molecule has 0 radical (unpaired) electrons. The smallest absolute Gasteiger partial charge is 0.416 e. The summed E-state index contributed by atoms with van der Waals surface area (Å²) in [6.07, 6.45) is -4.64. The minimum atomic E-state index is -4.47. The minimum Gasteiger partial charge on any atom is -0.508 e. The molecule has 148 valence electrons. The van der Waals surface area contributed by atoms with Crippen LogP contribution in [-0.2, 0) is 15.8 Å². The second-order valence-electron chi connectivity index (χ2n) is 6.55. The number of phenols is 1. The number of benzene rings is 2. The van der Waals surface area contributed by atoms with Crippen LogP contribution in [0.2, 0.25) is 0 Å². The molecule has 1 heterocycles. The number of halogens is 3. The van der Waals surface area contributed by atoms with E-state index in [9.17, 15) is 23.1 Å². The van der Waals surface area contributed by atoms with Crippen molar-refractivity contribution in [2.75, 3.05) is 12.4 Å². The summed E-state index contributed by atoms with van der Waals surface area (Å²) in [5, 5.41) is 13.3. The number of hydrogen-bond donors (Lipinski definition) is 2. The van der Waals surface area contributed by atoms with E-state index in [-0.39, 0.29) is 23.6 Å². The van der Waals surface area contributed by atoms with Crippen molar-refractivity contribution in [2.24, 2.45) is 4.99 Å². The quantitative estimate of drug-likeness (QED) is 0.829. The van der Waals surface area contributed by atoms with E-state index >= 15 is 0 Å². The number of aromatic hydroxyl groups is 1. The van der Waals surface area contributed by atoms with Gasteiger partial charge in [0.15, 0.2) is 11.6 Å². The van der Waals surface area contributed by atoms with Gasteiger partial charge in [0, 0.05) is 24.4 Å². The Bertz CT molecular complexity index is 930. The fourth-order valence-electron chi connectivity index (χ4n) is 2.89. The number of rotatable bonds is 4. The molecule has 1 aliphatic rings. The molecule has 0 spiro atoms. The number of nitrogens with zero attached hydrogens (tertiary/aromatic N) is 2. The largest absolute Gasteiger partial charge is 0.508 e. The lowest BCUT2D eigenvalue weighted by Crippen LogP contribution is -2.32. The molecule has 0 saturated heterocycles. The SMILES string of the molecule is CN1OC(C)(CC(=O)Nc2cccc(O)c2)N=C1c1cccc(C(F)(F)F)c1. The molecule has 1 aliphatic heterocycles. The van der Waals surface area contributed by atoms with Crippen LogP contribution in [0.4, 0.5) is 18.9 Å². The summed E-state index contributed by atoms with van der Waals surface area (Å²) in [4.78, 5) is 22.3. The van der Waals surface area contributed by atoms with Crippen LogP contribution in [0.25, 0.3) is 0 Å². The van der Waals surface area contributed by atoms with Crippen molar-refractivity contribution < 1.29 is 27.9 Å². The summed E-state index contributed by atoms with van der Waals surface area (Å²) in [6.45, 7) is 1.56. The van der Waals surface area contributed by atoms with Gasteiger partial charge < -0.3 is 10.4 Å². The van der Waals surface area contributed by atoms with Crippen molar-refractivity contribution in [3.8, 4) is 5.75 Å². The van der Waals surface area contributed by atoms with E-state index in [2.05, 4.69) is 10.3 Å². The van der Waals surface area contributed by atoms with Gasteiger partial charge in [-0.05, 0) is 31.2 Å². The number of amides is 1. The Labute approximate surface area is 159 Å². The topological polar surface area (TPSA) is 74.2 Å². The van der Waals surface area contributed by atoms with E-state index in [0.717, 1.165) is 12.1 Å². The number of anilines is 1. The second-order valence-corrected chi connectivity index (χ2v) is 6.55. The highest BCUT2D eigenvalue weighted by Crippen LogP contribution is 2.32. The van der Waals surface area contributed by atoms with Crippen LogP contribution in [0.1, 0.15) is 24.5 Å². The Morgan fingerprint density at radius 2 is 1.96 bits per heavy atom. The zero-order valence-corrected chi connectivity index (χ0v) is 15.1. The minimum absolute atomic E-state index is 0.00529. The molecule has 2 aromatic carbocycles. The van der Waals surface area contributed by atoms with Crippen LogP contribution >= 0.6 is 0 Å². The Morgan fingerprint density at radius 3 is 2.64 bits per heavy atom. The van der Waals surface area contributed by atoms with Gasteiger partial charge in [-0.2, -0.15) is 13.2 Å². The van der Waals surface area contributed by atoms with E-state index in [1.807, 2.05) is 0 Å². The maximum atomic E-state index is 13.0. The number of carbonyl (C=O) groups is 1. The number of alkyl halides is 3. The van der Waals surface area contributed by atoms with Crippen LogP contribution in [-0.4, -0.2) is 34.7 Å². The van der Waals surface area contributed by atoms with Gasteiger partial charge in [0.25, 0.3) is 0 Å². The van der Waals surface area contributed by atoms with Crippen molar-refractivity contribution >= 4 is 17.4 Å². The number of hydrogen-bond acceptors (Lipinski definition) is 5. The Kier molecular flexibility index (Phi) is 5.03. The molecule has 2 aromatic rings. The van der Waals surface area contributed by atoms with E-state index in [1.165, 1.54) is 36.4 Å². The average molecular weight is 393 g/mol. The molecule has 1 atom stereocenters. The zero-order valence-electron chi connectivity index (χ0n) is 15.1. The fraction of sp³-hybridized carbons (Fsp3) is 0.263. The first-order valence-corrected chi connectivity index (χ1v) is 8.35. The summed E-state index contributed by atoms with van der Waals surface area (Å²) in [5.41, 5.74) is -1.44. The maximum Gasteiger partial charge on any atom is 0.416 e. The summed E-state index contributed by atoms with van der Waals surface area (Å²) < 4.78 is 38.9. The lowest BCUT2D eigenvalue weighted by molar-refractivity contribution is -0.164. The van der Waals surface area contributed by atoms with Crippen LogP contribution < -0.4 is 5.32 Å². The number of amidine groups is 1. The normalized spacial score (nSPS) is 19.5. The Hall–Kier alpha value is -3.07. The van der Waals surface area contributed by atoms with E-state index < -0.39 is 23.4 Å². The van der Waals surface area contributed by atoms with Crippen molar-refractivity contribution in [1.29, 1.82) is 0 Å². The molecule has 6 nitrogen and oxygen atoms in total. The van der Waals surface area contributed by atoms with Crippen molar-refractivity contribution in [3.63, 3.8) is 0 Å². The van der Waals surface area contributed by atoms with Crippen LogP contribution in [0.15, 0.2) is 53.5 Å². The van der Waals surface area contributed by atoms with Crippen LogP contribution in [0, 0.1) is 0 Å². The van der Waals surface area contributed by atoms with E-state index in [4.69, 9.17) is 4.84 Å². The van der Waals surface area contributed by atoms with E-state index in [0.29, 0.717) is 5.69 Å². The molecular formula is C19H18F3N3O3. The summed E-state index contributed by atoms with van der Waals surface area (Å²) in [5.74, 6) is -0.222. The maximum absolute atomic E-state index is 13.0. The first-order chi connectivity index (χ1) is 13.1. The highest BCUT2D eigenvalue weighted by atomic mass is 19.4. The first kappa shape index (κ1) is 19.7. The number of nitrogens with one attached hydrogen (secondary N) is 1. The zero-order chi connectivity index (χ0) is 20.5. The fourth-order valence-corrected chi connectivity index (χ4v) is 2.89. The number of aliphatic imine (C=N–C) groups is 1. The third-order valence-electron chi connectivity index (χ3n) is 4.04. The van der Waals surface area contributed by atoms with Crippen molar-refractivity contribution in [3.05, 3.63) is 59.7 Å². The molecule has 9 heteroatoms. The third-order valence-corrected chi connectivity index (χ3v) is 4.04. The molecule has 3 rings (SSSR count). The summed E-state index contributed by atoms with van der Waals surface area (Å²) in [6, 6.07) is 10.8. The predicted molar refractivity (Wildman–Crippen MR) is 96.6 cm³/mol. The molecule has 0 fully saturated rings.